The van der Waals surface area contributed by atoms with E-state index in [-0.39, 0.29) is 5.91 Å². The number of likely N-dealkylation sites (N-methyl/N-ethyl adjacent to an activating group) is 1. The number of carboxylic acids is 1. The first kappa shape index (κ1) is 21.1. The topological polar surface area (TPSA) is 113 Å². The van der Waals surface area contributed by atoms with Crippen molar-refractivity contribution in [3.8, 4) is 11.3 Å². The highest BCUT2D eigenvalue weighted by atomic mass is 16.4. The molecular weight excluding hydrogens is 360 g/mol. The van der Waals surface area contributed by atoms with Crippen LogP contribution < -0.4 is 10.6 Å². The summed E-state index contributed by atoms with van der Waals surface area (Å²) in [4.78, 5) is 40.7. The number of nitrogens with zero attached hydrogens (tertiary/aromatic N) is 2. The maximum absolute atomic E-state index is 13.1. The van der Waals surface area contributed by atoms with E-state index in [1.54, 1.807) is 47.4 Å². The van der Waals surface area contributed by atoms with E-state index in [4.69, 9.17) is 0 Å². The number of carbonyl (C=O) groups excluding carboxylic acids is 2. The Morgan fingerprint density at radius 3 is 2.32 bits per heavy atom. The molecule has 0 aliphatic heterocycles. The van der Waals surface area contributed by atoms with Crippen LogP contribution in [0.4, 0.5) is 0 Å². The molecule has 150 valence electrons. The smallest absolute Gasteiger partial charge is 0.306 e. The quantitative estimate of drug-likeness (QED) is 0.672. The van der Waals surface area contributed by atoms with Crippen molar-refractivity contribution >= 4 is 17.8 Å². The summed E-state index contributed by atoms with van der Waals surface area (Å²) < 4.78 is 1.61. The molecule has 8 heteroatoms. The molecule has 2 amide bonds. The molecule has 2 aromatic rings. The average Bonchev–Trinajstić information content (AvgIpc) is 3.12. The van der Waals surface area contributed by atoms with E-state index in [0.29, 0.717) is 5.69 Å². The molecule has 2 atom stereocenters. The molecule has 0 saturated heterocycles. The number of aliphatic carboxylic acids is 1. The van der Waals surface area contributed by atoms with Gasteiger partial charge >= 0.3 is 5.97 Å². The summed E-state index contributed by atoms with van der Waals surface area (Å²) >= 11 is 0. The summed E-state index contributed by atoms with van der Waals surface area (Å²) in [6.45, 7) is 5.49. The number of pyridine rings is 1. The Kier molecular flexibility index (Phi) is 6.56. The van der Waals surface area contributed by atoms with Gasteiger partial charge in [0.1, 0.15) is 12.1 Å². The minimum atomic E-state index is -1.11. The van der Waals surface area contributed by atoms with Gasteiger partial charge < -0.3 is 20.3 Å². The van der Waals surface area contributed by atoms with Gasteiger partial charge in [-0.2, -0.15) is 0 Å². The number of carboxylic acid groups (broad SMARTS) is 1. The van der Waals surface area contributed by atoms with E-state index in [9.17, 15) is 19.5 Å². The zero-order chi connectivity index (χ0) is 20.9. The first-order valence-electron chi connectivity index (χ1n) is 8.96. The van der Waals surface area contributed by atoms with Crippen molar-refractivity contribution in [2.75, 3.05) is 7.05 Å². The molecule has 0 bridgehead atoms. The Morgan fingerprint density at radius 2 is 1.79 bits per heavy atom. The fourth-order valence-electron chi connectivity index (χ4n) is 2.97. The van der Waals surface area contributed by atoms with Crippen LogP contribution in [0.3, 0.4) is 0 Å². The van der Waals surface area contributed by atoms with Crippen LogP contribution in [0, 0.1) is 5.41 Å². The molecule has 0 fully saturated rings. The third-order valence-corrected chi connectivity index (χ3v) is 4.42. The van der Waals surface area contributed by atoms with Crippen molar-refractivity contribution in [1.82, 2.24) is 20.2 Å². The maximum Gasteiger partial charge on any atom is 0.306 e. The fourth-order valence-corrected chi connectivity index (χ4v) is 2.97. The third kappa shape index (κ3) is 4.97. The lowest BCUT2D eigenvalue weighted by Crippen LogP contribution is -2.54. The molecule has 0 aliphatic carbocycles. The number of carbonyl (C=O) groups is 3. The summed E-state index contributed by atoms with van der Waals surface area (Å²) in [5.74, 6) is -1.98. The zero-order valence-corrected chi connectivity index (χ0v) is 16.5. The zero-order valence-electron chi connectivity index (χ0n) is 16.5. The first-order valence-corrected chi connectivity index (χ1v) is 8.96. The highest BCUT2D eigenvalue weighted by Gasteiger charge is 2.35. The van der Waals surface area contributed by atoms with Gasteiger partial charge in [-0.3, -0.25) is 19.4 Å². The van der Waals surface area contributed by atoms with E-state index in [1.165, 1.54) is 7.05 Å². The van der Waals surface area contributed by atoms with Gasteiger partial charge in [0.05, 0.1) is 6.42 Å². The van der Waals surface area contributed by atoms with Gasteiger partial charge in [-0.25, -0.2) is 0 Å². The lowest BCUT2D eigenvalue weighted by molar-refractivity contribution is -0.141. The van der Waals surface area contributed by atoms with Crippen LogP contribution in [0.25, 0.3) is 11.3 Å². The number of aromatic nitrogens is 2. The molecule has 0 aliphatic rings. The van der Waals surface area contributed by atoms with Crippen LogP contribution in [0.1, 0.15) is 33.2 Å². The number of hydrogen-bond donors (Lipinski definition) is 3. The summed E-state index contributed by atoms with van der Waals surface area (Å²) in [5, 5.41) is 14.6. The standard InChI is InChI=1S/C20H26N4O4/c1-20(2,3)17(19(28)21-4)23-18(27)15(12-16(25)26)24-11-5-6-14(24)13-7-9-22-10-8-13/h5-11,15,17H,12H2,1-4H3,(H,21,28)(H,23,27)(H,25,26)/t15-,17-/m1/s1. The van der Waals surface area contributed by atoms with Gasteiger partial charge in [-0.15, -0.1) is 0 Å². The second-order valence-corrected chi connectivity index (χ2v) is 7.57. The predicted molar refractivity (Wildman–Crippen MR) is 104 cm³/mol. The highest BCUT2D eigenvalue weighted by Crippen LogP contribution is 2.26. The first-order chi connectivity index (χ1) is 13.1. The van der Waals surface area contributed by atoms with E-state index >= 15 is 0 Å². The summed E-state index contributed by atoms with van der Waals surface area (Å²) in [6, 6.07) is 5.30. The van der Waals surface area contributed by atoms with Crippen LogP contribution in [0.15, 0.2) is 42.9 Å². The van der Waals surface area contributed by atoms with E-state index in [2.05, 4.69) is 15.6 Å². The molecule has 8 nitrogen and oxygen atoms in total. The Labute approximate surface area is 164 Å². The Hall–Kier alpha value is -3.16. The SMILES string of the molecule is CNC(=O)[C@@H](NC(=O)[C@@H](CC(=O)O)n1cccc1-c1ccncc1)C(C)(C)C. The predicted octanol–water partition coefficient (Wildman–Crippen LogP) is 1.84. The number of nitrogens with one attached hydrogen (secondary N) is 2. The van der Waals surface area contributed by atoms with Crippen LogP contribution in [0.5, 0.6) is 0 Å². The largest absolute Gasteiger partial charge is 0.481 e. The van der Waals surface area contributed by atoms with Crippen LogP contribution in [-0.4, -0.2) is 45.5 Å². The molecule has 28 heavy (non-hydrogen) atoms. The van der Waals surface area contributed by atoms with Crippen molar-refractivity contribution < 1.29 is 19.5 Å². The van der Waals surface area contributed by atoms with E-state index < -0.39 is 35.8 Å². The van der Waals surface area contributed by atoms with Crippen molar-refractivity contribution in [2.24, 2.45) is 5.41 Å². The van der Waals surface area contributed by atoms with Gasteiger partial charge in [-0.1, -0.05) is 20.8 Å². The minimum Gasteiger partial charge on any atom is -0.481 e. The number of hydrogen-bond acceptors (Lipinski definition) is 4. The lowest BCUT2D eigenvalue weighted by atomic mass is 9.86. The molecule has 0 unspecified atom stereocenters. The summed E-state index contributed by atoms with van der Waals surface area (Å²) in [7, 11) is 1.50. The molecule has 2 rings (SSSR count). The van der Waals surface area contributed by atoms with Crippen LogP contribution in [0.2, 0.25) is 0 Å². The van der Waals surface area contributed by atoms with Crippen molar-refractivity contribution in [2.45, 2.75) is 39.3 Å². The van der Waals surface area contributed by atoms with Crippen LogP contribution >= 0.6 is 0 Å². The van der Waals surface area contributed by atoms with Crippen molar-refractivity contribution in [3.05, 3.63) is 42.9 Å². The molecule has 3 N–H and O–H groups in total. The Bertz CT molecular complexity index is 839. The van der Waals surface area contributed by atoms with E-state index in [0.717, 1.165) is 5.56 Å². The Morgan fingerprint density at radius 1 is 1.14 bits per heavy atom. The monoisotopic (exact) mass is 386 g/mol. The van der Waals surface area contributed by atoms with Gasteiger partial charge in [0.2, 0.25) is 11.8 Å². The molecular formula is C20H26N4O4. The minimum absolute atomic E-state index is 0.336. The van der Waals surface area contributed by atoms with Gasteiger partial charge in [0.15, 0.2) is 0 Å². The molecule has 2 heterocycles. The molecule has 0 aromatic carbocycles. The third-order valence-electron chi connectivity index (χ3n) is 4.42. The molecule has 0 spiro atoms. The summed E-state index contributed by atoms with van der Waals surface area (Å²) in [5.41, 5.74) is 0.951. The number of rotatable bonds is 7. The van der Waals surface area contributed by atoms with Crippen LogP contribution in [-0.2, 0) is 14.4 Å². The average molecular weight is 386 g/mol. The van der Waals surface area contributed by atoms with Crippen molar-refractivity contribution in [1.29, 1.82) is 0 Å². The molecule has 0 saturated carbocycles. The van der Waals surface area contributed by atoms with E-state index in [1.807, 2.05) is 20.8 Å². The Balaban J connectivity index is 2.40. The van der Waals surface area contributed by atoms with Crippen molar-refractivity contribution in [3.63, 3.8) is 0 Å². The molecule has 2 aromatic heterocycles. The van der Waals surface area contributed by atoms with Gasteiger partial charge in [0.25, 0.3) is 0 Å². The van der Waals surface area contributed by atoms with Gasteiger partial charge in [0, 0.05) is 36.9 Å². The fraction of sp³-hybridized carbons (Fsp3) is 0.400. The normalized spacial score (nSPS) is 13.4. The second-order valence-electron chi connectivity index (χ2n) is 7.57. The maximum atomic E-state index is 13.1. The molecule has 0 radical (unpaired) electrons. The van der Waals surface area contributed by atoms with Gasteiger partial charge in [-0.05, 0) is 29.7 Å². The second kappa shape index (κ2) is 8.69. The summed E-state index contributed by atoms with van der Waals surface area (Å²) in [6.07, 6.45) is 4.50. The highest BCUT2D eigenvalue weighted by molar-refractivity contribution is 5.91. The lowest BCUT2D eigenvalue weighted by Gasteiger charge is -2.31. The number of amides is 2.